The van der Waals surface area contributed by atoms with Gasteiger partial charge in [-0.3, -0.25) is 9.36 Å². The molecule has 3 heterocycles. The summed E-state index contributed by atoms with van der Waals surface area (Å²) in [5.74, 6) is 0.585. The second-order valence-corrected chi connectivity index (χ2v) is 9.16. The van der Waals surface area contributed by atoms with Crippen molar-refractivity contribution in [1.29, 1.82) is 0 Å². The Kier molecular flexibility index (Phi) is 7.15. The first kappa shape index (κ1) is 24.1. The van der Waals surface area contributed by atoms with Crippen molar-refractivity contribution in [3.05, 3.63) is 94.0 Å². The van der Waals surface area contributed by atoms with Crippen LogP contribution in [0.3, 0.4) is 0 Å². The fourth-order valence-electron chi connectivity index (χ4n) is 4.94. The number of aryl methyl sites for hydroxylation is 1. The number of fused-ring (bicyclic) bond motifs is 3. The minimum Gasteiger partial charge on any atom is -0.489 e. The molecule has 4 aromatic rings. The molecule has 2 aromatic carbocycles. The van der Waals surface area contributed by atoms with Gasteiger partial charge in [0.1, 0.15) is 12.4 Å². The molecule has 5 nitrogen and oxygen atoms in total. The van der Waals surface area contributed by atoms with Gasteiger partial charge < -0.3 is 14.2 Å². The lowest BCUT2D eigenvalue weighted by Crippen LogP contribution is -2.33. The fourth-order valence-corrected chi connectivity index (χ4v) is 4.94. The highest BCUT2D eigenvalue weighted by molar-refractivity contribution is 5.87. The van der Waals surface area contributed by atoms with Crippen LogP contribution in [0, 0.1) is 0 Å². The number of ether oxygens (including phenoxy) is 1. The van der Waals surface area contributed by atoms with Crippen LogP contribution in [0.5, 0.6) is 5.75 Å². The van der Waals surface area contributed by atoms with E-state index in [0.717, 1.165) is 37.2 Å². The van der Waals surface area contributed by atoms with E-state index in [1.807, 2.05) is 36.4 Å². The van der Waals surface area contributed by atoms with Crippen molar-refractivity contribution >= 4 is 23.3 Å². The van der Waals surface area contributed by atoms with Crippen molar-refractivity contribution in [2.45, 2.75) is 39.3 Å². The molecule has 1 aliphatic heterocycles. The lowest BCUT2D eigenvalue weighted by atomic mass is 10.1. The van der Waals surface area contributed by atoms with Gasteiger partial charge in [0.05, 0.1) is 11.2 Å². The molecule has 0 amide bonds. The van der Waals surface area contributed by atoms with Crippen LogP contribution in [0.4, 0.5) is 0 Å². The van der Waals surface area contributed by atoms with Gasteiger partial charge in [-0.2, -0.15) is 0 Å². The maximum atomic E-state index is 12.9. The third-order valence-electron chi connectivity index (χ3n) is 6.85. The summed E-state index contributed by atoms with van der Waals surface area (Å²) in [4.78, 5) is 15.4. The Bertz CT molecular complexity index is 1340. The molecule has 6 heteroatoms. The van der Waals surface area contributed by atoms with Crippen molar-refractivity contribution in [3.8, 4) is 11.4 Å². The molecule has 34 heavy (non-hydrogen) atoms. The zero-order valence-corrected chi connectivity index (χ0v) is 20.8. The van der Waals surface area contributed by atoms with E-state index >= 15 is 0 Å². The molecule has 0 N–H and O–H groups in total. The molecule has 2 aromatic heterocycles. The molecule has 0 radical (unpaired) electrons. The number of pyridine rings is 1. The minimum absolute atomic E-state index is 0. The second-order valence-electron chi connectivity index (χ2n) is 9.16. The highest BCUT2D eigenvalue weighted by Crippen LogP contribution is 2.30. The third-order valence-corrected chi connectivity index (χ3v) is 6.85. The molecule has 1 aliphatic rings. The van der Waals surface area contributed by atoms with E-state index in [1.54, 1.807) is 16.8 Å². The number of hydrogen-bond acceptors (Lipinski definition) is 3. The molecule has 0 unspecified atom stereocenters. The summed E-state index contributed by atoms with van der Waals surface area (Å²) in [6, 6.07) is 20.3. The van der Waals surface area contributed by atoms with Crippen molar-refractivity contribution in [3.63, 3.8) is 0 Å². The van der Waals surface area contributed by atoms with Crippen molar-refractivity contribution in [2.75, 3.05) is 13.1 Å². The Labute approximate surface area is 207 Å². The first-order chi connectivity index (χ1) is 16.0. The SMILES string of the molecule is CC(C)N1CCc2c(n(C)c3cc(-n4ccc(OCc5ccccc5)cc4=O)ccc23)CC1.Cl. The van der Waals surface area contributed by atoms with Gasteiger partial charge in [0.2, 0.25) is 0 Å². The van der Waals surface area contributed by atoms with Crippen LogP contribution in [0.2, 0.25) is 0 Å². The van der Waals surface area contributed by atoms with Crippen LogP contribution in [-0.2, 0) is 26.5 Å². The molecule has 0 aliphatic carbocycles. The molecule has 0 spiro atoms. The Morgan fingerprint density at radius 1 is 0.971 bits per heavy atom. The van der Waals surface area contributed by atoms with Crippen LogP contribution in [0.1, 0.15) is 30.7 Å². The largest absolute Gasteiger partial charge is 0.489 e. The van der Waals surface area contributed by atoms with Crippen LogP contribution in [0.15, 0.2) is 71.7 Å². The Balaban J connectivity index is 0.00000274. The average Bonchev–Trinajstić information content (AvgIpc) is 2.96. The van der Waals surface area contributed by atoms with Gasteiger partial charge in [0, 0.05) is 55.9 Å². The molecular weight excluding hydrogens is 446 g/mol. The summed E-state index contributed by atoms with van der Waals surface area (Å²) in [6.45, 7) is 7.17. The average molecular weight is 478 g/mol. The molecule has 0 fully saturated rings. The maximum absolute atomic E-state index is 12.9. The summed E-state index contributed by atoms with van der Waals surface area (Å²) in [7, 11) is 2.15. The van der Waals surface area contributed by atoms with E-state index < -0.39 is 0 Å². The van der Waals surface area contributed by atoms with E-state index in [0.29, 0.717) is 18.4 Å². The van der Waals surface area contributed by atoms with Gasteiger partial charge in [-0.15, -0.1) is 12.4 Å². The summed E-state index contributed by atoms with van der Waals surface area (Å²) in [5, 5.41) is 1.30. The number of nitrogens with zero attached hydrogens (tertiary/aromatic N) is 3. The fraction of sp³-hybridized carbons (Fsp3) is 0.321. The van der Waals surface area contributed by atoms with Gasteiger partial charge >= 0.3 is 0 Å². The smallest absolute Gasteiger partial charge is 0.258 e. The Morgan fingerprint density at radius 2 is 1.74 bits per heavy atom. The van der Waals surface area contributed by atoms with Gasteiger partial charge in [0.25, 0.3) is 5.56 Å². The van der Waals surface area contributed by atoms with E-state index in [-0.39, 0.29) is 18.0 Å². The molecule has 178 valence electrons. The topological polar surface area (TPSA) is 39.4 Å². The predicted molar refractivity (Wildman–Crippen MR) is 141 cm³/mol. The lowest BCUT2D eigenvalue weighted by Gasteiger charge is -2.24. The number of benzene rings is 2. The van der Waals surface area contributed by atoms with Gasteiger partial charge in [-0.25, -0.2) is 0 Å². The first-order valence-electron chi connectivity index (χ1n) is 11.8. The minimum atomic E-state index is -0.0942. The normalized spacial score (nSPS) is 14.0. The third kappa shape index (κ3) is 4.63. The van der Waals surface area contributed by atoms with Crippen LogP contribution in [-0.4, -0.2) is 33.2 Å². The lowest BCUT2D eigenvalue weighted by molar-refractivity contribution is 0.232. The van der Waals surface area contributed by atoms with Crippen LogP contribution >= 0.6 is 12.4 Å². The highest BCUT2D eigenvalue weighted by Gasteiger charge is 2.22. The number of aromatic nitrogens is 2. The molecule has 0 bridgehead atoms. The standard InChI is InChI=1S/C28H31N3O2.ClH/c1-20(2)30-14-12-25-24-10-9-22(17-27(24)29(3)26(25)13-15-30)31-16-11-23(18-28(31)32)33-19-21-7-5-4-6-8-21;/h4-11,16-18,20H,12-15,19H2,1-3H3;1H. The van der Waals surface area contributed by atoms with E-state index in [1.165, 1.54) is 22.2 Å². The van der Waals surface area contributed by atoms with Gasteiger partial charge in [-0.05, 0) is 49.6 Å². The molecule has 5 rings (SSSR count). The highest BCUT2D eigenvalue weighted by atomic mass is 35.5. The molecule has 0 saturated heterocycles. The van der Waals surface area contributed by atoms with Crippen LogP contribution in [0.25, 0.3) is 16.6 Å². The monoisotopic (exact) mass is 477 g/mol. The second kappa shape index (κ2) is 10.1. The quantitative estimate of drug-likeness (QED) is 0.399. The number of rotatable bonds is 5. The van der Waals surface area contributed by atoms with Crippen molar-refractivity contribution in [1.82, 2.24) is 14.0 Å². The Morgan fingerprint density at radius 3 is 2.47 bits per heavy atom. The summed E-state index contributed by atoms with van der Waals surface area (Å²) in [6.07, 6.45) is 3.93. The van der Waals surface area contributed by atoms with E-state index in [4.69, 9.17) is 4.74 Å². The number of halogens is 1. The molecular formula is C28H32ClN3O2. The zero-order valence-electron chi connectivity index (χ0n) is 20.0. The van der Waals surface area contributed by atoms with Gasteiger partial charge in [-0.1, -0.05) is 36.4 Å². The zero-order chi connectivity index (χ0) is 22.9. The van der Waals surface area contributed by atoms with Gasteiger partial charge in [0.15, 0.2) is 0 Å². The van der Waals surface area contributed by atoms with Crippen molar-refractivity contribution < 1.29 is 4.74 Å². The van der Waals surface area contributed by atoms with E-state index in [2.05, 4.69) is 48.6 Å². The van der Waals surface area contributed by atoms with Crippen molar-refractivity contribution in [2.24, 2.45) is 7.05 Å². The first-order valence-corrected chi connectivity index (χ1v) is 11.8. The van der Waals surface area contributed by atoms with E-state index in [9.17, 15) is 4.79 Å². The summed E-state index contributed by atoms with van der Waals surface area (Å²) >= 11 is 0. The summed E-state index contributed by atoms with van der Waals surface area (Å²) in [5.41, 5.74) is 5.92. The summed E-state index contributed by atoms with van der Waals surface area (Å²) < 4.78 is 9.83. The predicted octanol–water partition coefficient (Wildman–Crippen LogP) is 5.14. The molecule has 0 saturated carbocycles. The Hall–Kier alpha value is -3.02. The maximum Gasteiger partial charge on any atom is 0.258 e. The molecule has 0 atom stereocenters. The number of hydrogen-bond donors (Lipinski definition) is 0. The van der Waals surface area contributed by atoms with Crippen LogP contribution < -0.4 is 10.3 Å².